The molecule has 1 saturated carbocycles. The Bertz CT molecular complexity index is 422. The highest BCUT2D eigenvalue weighted by Gasteiger charge is 2.25. The number of benzene rings is 1. The van der Waals surface area contributed by atoms with Crippen LogP contribution >= 0.6 is 0 Å². The summed E-state index contributed by atoms with van der Waals surface area (Å²) in [7, 11) is 0. The summed E-state index contributed by atoms with van der Waals surface area (Å²) in [4.78, 5) is 2.65. The minimum absolute atomic E-state index is 0.741. The number of likely N-dealkylation sites (tertiary alicyclic amines) is 1. The number of nitrogens with one attached hydrogen (secondary N) is 1. The highest BCUT2D eigenvalue weighted by molar-refractivity contribution is 5.48. The summed E-state index contributed by atoms with van der Waals surface area (Å²) in [5, 5.41) is 3.70. The van der Waals surface area contributed by atoms with Crippen LogP contribution in [-0.2, 0) is 0 Å². The summed E-state index contributed by atoms with van der Waals surface area (Å²) < 4.78 is 0. The van der Waals surface area contributed by atoms with Crippen LogP contribution in [0.5, 0.6) is 0 Å². The topological polar surface area (TPSA) is 15.3 Å². The van der Waals surface area contributed by atoms with Crippen LogP contribution in [0.25, 0.3) is 6.08 Å². The zero-order chi connectivity index (χ0) is 13.6. The van der Waals surface area contributed by atoms with E-state index < -0.39 is 0 Å². The molecule has 0 bridgehead atoms. The Morgan fingerprint density at radius 1 is 1.10 bits per heavy atom. The Labute approximate surface area is 122 Å². The van der Waals surface area contributed by atoms with E-state index in [9.17, 15) is 0 Å². The second-order valence-corrected chi connectivity index (χ2v) is 6.14. The fraction of sp³-hybridized carbons (Fsp3) is 0.556. The van der Waals surface area contributed by atoms with Crippen LogP contribution in [0.15, 0.2) is 36.4 Å². The molecule has 1 aromatic carbocycles. The molecule has 2 aliphatic rings. The van der Waals surface area contributed by atoms with Crippen LogP contribution in [0.2, 0.25) is 0 Å². The summed E-state index contributed by atoms with van der Waals surface area (Å²) in [6, 6.07) is 12.2. The monoisotopic (exact) mass is 270 g/mol. The van der Waals surface area contributed by atoms with E-state index in [0.29, 0.717) is 0 Å². The van der Waals surface area contributed by atoms with Gasteiger partial charge < -0.3 is 5.32 Å². The lowest BCUT2D eigenvalue weighted by Gasteiger charge is -2.35. The molecule has 2 heteroatoms. The lowest BCUT2D eigenvalue weighted by atomic mass is 10.0. The fourth-order valence-corrected chi connectivity index (χ4v) is 3.01. The maximum absolute atomic E-state index is 3.70. The van der Waals surface area contributed by atoms with Gasteiger partial charge in [-0.1, -0.05) is 48.9 Å². The number of hydrogen-bond donors (Lipinski definition) is 1. The van der Waals surface area contributed by atoms with Crippen LogP contribution in [0.4, 0.5) is 0 Å². The molecule has 1 atom stereocenters. The van der Waals surface area contributed by atoms with E-state index in [1.807, 2.05) is 0 Å². The molecule has 0 amide bonds. The Morgan fingerprint density at radius 3 is 2.75 bits per heavy atom. The molecule has 1 N–H and O–H groups in total. The standard InChI is InChI=1S/C18H26N2/c1-2-7-16(8-3-1)9-6-14-20-13-5-4-10-18(20)15-19-17-11-12-17/h1-3,6-9,17-19H,4-5,10-15H2. The molecule has 2 fully saturated rings. The fourth-order valence-electron chi connectivity index (χ4n) is 3.01. The summed E-state index contributed by atoms with van der Waals surface area (Å²) in [5.74, 6) is 0. The molecule has 1 saturated heterocycles. The van der Waals surface area contributed by atoms with Gasteiger partial charge in [-0.3, -0.25) is 4.90 Å². The van der Waals surface area contributed by atoms with E-state index in [0.717, 1.165) is 18.6 Å². The van der Waals surface area contributed by atoms with Gasteiger partial charge in [0.15, 0.2) is 0 Å². The van der Waals surface area contributed by atoms with Crippen molar-refractivity contribution < 1.29 is 0 Å². The van der Waals surface area contributed by atoms with Gasteiger partial charge in [-0.15, -0.1) is 0 Å². The molecule has 1 aromatic rings. The average Bonchev–Trinajstić information content (AvgIpc) is 3.32. The first-order chi connectivity index (χ1) is 9.92. The lowest BCUT2D eigenvalue weighted by Crippen LogP contribution is -2.45. The summed E-state index contributed by atoms with van der Waals surface area (Å²) in [5.41, 5.74) is 1.30. The van der Waals surface area contributed by atoms with Crippen LogP contribution in [0.1, 0.15) is 37.7 Å². The highest BCUT2D eigenvalue weighted by Crippen LogP contribution is 2.21. The first-order valence-corrected chi connectivity index (χ1v) is 8.11. The second-order valence-electron chi connectivity index (χ2n) is 6.14. The van der Waals surface area contributed by atoms with Crippen LogP contribution in [0.3, 0.4) is 0 Å². The van der Waals surface area contributed by atoms with Crippen molar-refractivity contribution in [1.29, 1.82) is 0 Å². The third-order valence-corrected chi connectivity index (χ3v) is 4.42. The molecule has 1 unspecified atom stereocenters. The molecule has 0 aromatic heterocycles. The lowest BCUT2D eigenvalue weighted by molar-refractivity contribution is 0.162. The van der Waals surface area contributed by atoms with Crippen LogP contribution in [0, 0.1) is 0 Å². The molecule has 3 rings (SSSR count). The van der Waals surface area contributed by atoms with Crippen molar-refractivity contribution in [2.24, 2.45) is 0 Å². The Balaban J connectivity index is 1.49. The van der Waals surface area contributed by atoms with Crippen LogP contribution in [-0.4, -0.2) is 36.6 Å². The van der Waals surface area contributed by atoms with Gasteiger partial charge in [0.1, 0.15) is 0 Å². The van der Waals surface area contributed by atoms with Crippen molar-refractivity contribution in [3.8, 4) is 0 Å². The van der Waals surface area contributed by atoms with Crippen molar-refractivity contribution in [2.45, 2.75) is 44.2 Å². The summed E-state index contributed by atoms with van der Waals surface area (Å²) >= 11 is 0. The van der Waals surface area contributed by atoms with Gasteiger partial charge in [-0.2, -0.15) is 0 Å². The van der Waals surface area contributed by atoms with Gasteiger partial charge in [0, 0.05) is 25.2 Å². The third kappa shape index (κ3) is 4.19. The van der Waals surface area contributed by atoms with Crippen molar-refractivity contribution in [2.75, 3.05) is 19.6 Å². The minimum atomic E-state index is 0.741. The van der Waals surface area contributed by atoms with Crippen LogP contribution < -0.4 is 5.32 Å². The quantitative estimate of drug-likeness (QED) is 0.853. The molecule has 20 heavy (non-hydrogen) atoms. The van der Waals surface area contributed by atoms with Crippen molar-refractivity contribution in [1.82, 2.24) is 10.2 Å². The van der Waals surface area contributed by atoms with Gasteiger partial charge in [0.2, 0.25) is 0 Å². The average molecular weight is 270 g/mol. The Kier molecular flexibility index (Phi) is 4.88. The molecule has 108 valence electrons. The smallest absolute Gasteiger partial charge is 0.0224 e. The highest BCUT2D eigenvalue weighted by atomic mass is 15.2. The molecular weight excluding hydrogens is 244 g/mol. The number of piperidine rings is 1. The van der Waals surface area contributed by atoms with Crippen molar-refractivity contribution in [3.63, 3.8) is 0 Å². The van der Waals surface area contributed by atoms with Gasteiger partial charge in [-0.05, 0) is 37.8 Å². The van der Waals surface area contributed by atoms with E-state index >= 15 is 0 Å². The second kappa shape index (κ2) is 7.05. The Hall–Kier alpha value is -1.12. The van der Waals surface area contributed by atoms with E-state index in [2.05, 4.69) is 52.7 Å². The minimum Gasteiger partial charge on any atom is -0.312 e. The predicted octanol–water partition coefficient (Wildman–Crippen LogP) is 3.31. The maximum atomic E-state index is 3.70. The molecule has 1 heterocycles. The molecule has 1 aliphatic heterocycles. The molecule has 1 aliphatic carbocycles. The maximum Gasteiger partial charge on any atom is 0.0224 e. The normalized spacial score (nSPS) is 24.3. The molecule has 0 radical (unpaired) electrons. The number of nitrogens with zero attached hydrogens (tertiary/aromatic N) is 1. The van der Waals surface area contributed by atoms with E-state index in [-0.39, 0.29) is 0 Å². The van der Waals surface area contributed by atoms with Crippen molar-refractivity contribution >= 4 is 6.08 Å². The first-order valence-electron chi connectivity index (χ1n) is 8.11. The van der Waals surface area contributed by atoms with E-state index in [1.54, 1.807) is 0 Å². The number of rotatable bonds is 6. The Morgan fingerprint density at radius 2 is 1.95 bits per heavy atom. The zero-order valence-electron chi connectivity index (χ0n) is 12.3. The van der Waals surface area contributed by atoms with Gasteiger partial charge >= 0.3 is 0 Å². The third-order valence-electron chi connectivity index (χ3n) is 4.42. The van der Waals surface area contributed by atoms with E-state index in [4.69, 9.17) is 0 Å². The van der Waals surface area contributed by atoms with Gasteiger partial charge in [-0.25, -0.2) is 0 Å². The van der Waals surface area contributed by atoms with Crippen molar-refractivity contribution in [3.05, 3.63) is 42.0 Å². The van der Waals surface area contributed by atoms with Gasteiger partial charge in [0.25, 0.3) is 0 Å². The SMILES string of the molecule is C(=Cc1ccccc1)CN1CCCCC1CNC1CC1. The molecule has 2 nitrogen and oxygen atoms in total. The van der Waals surface area contributed by atoms with E-state index in [1.165, 1.54) is 50.8 Å². The predicted molar refractivity (Wildman–Crippen MR) is 85.7 cm³/mol. The first kappa shape index (κ1) is 13.8. The summed E-state index contributed by atoms with van der Waals surface area (Å²) in [6.07, 6.45) is 11.5. The molecule has 0 spiro atoms. The zero-order valence-corrected chi connectivity index (χ0v) is 12.3. The summed E-state index contributed by atoms with van der Waals surface area (Å²) in [6.45, 7) is 3.53. The largest absolute Gasteiger partial charge is 0.312 e. The van der Waals surface area contributed by atoms with Gasteiger partial charge in [0.05, 0.1) is 0 Å². The number of hydrogen-bond acceptors (Lipinski definition) is 2. The molecular formula is C18H26N2.